The molecule has 4 aliphatic heterocycles. The summed E-state index contributed by atoms with van der Waals surface area (Å²) in [6, 6.07) is 24.2. The summed E-state index contributed by atoms with van der Waals surface area (Å²) >= 11 is 0. The Bertz CT molecular complexity index is 2820. The molecule has 2 unspecified atom stereocenters. The van der Waals surface area contributed by atoms with E-state index in [0.717, 1.165) is 50.0 Å². The minimum atomic E-state index is -4.08. The molecule has 0 aliphatic carbocycles. The molecule has 0 saturated carbocycles. The van der Waals surface area contributed by atoms with Gasteiger partial charge in [-0.3, -0.25) is 4.79 Å². The second-order valence-electron chi connectivity index (χ2n) is 14.6. The van der Waals surface area contributed by atoms with Crippen molar-refractivity contribution in [1.82, 2.24) is 25.0 Å². The molecule has 4 atom stereocenters. The van der Waals surface area contributed by atoms with Crippen LogP contribution >= 0.6 is 0 Å². The number of rotatable bonds is 4. The smallest absolute Gasteiger partial charge is 0.249 e. The van der Waals surface area contributed by atoms with Crippen molar-refractivity contribution in [3.63, 3.8) is 0 Å². The monoisotopic (exact) mass is 736 g/mol. The van der Waals surface area contributed by atoms with E-state index in [0.29, 0.717) is 23.0 Å². The number of para-hydroxylation sites is 1. The van der Waals surface area contributed by atoms with E-state index in [1.807, 2.05) is 56.4 Å². The normalized spacial score (nSPS) is 21.8. The van der Waals surface area contributed by atoms with Gasteiger partial charge in [-0.25, -0.2) is 18.4 Å². The van der Waals surface area contributed by atoms with Crippen molar-refractivity contribution >= 4 is 32.5 Å². The van der Waals surface area contributed by atoms with E-state index in [1.54, 1.807) is 24.4 Å². The first kappa shape index (κ1) is 31.4. The predicted octanol–water partition coefficient (Wildman–Crippen LogP) is 6.65. The maximum atomic E-state index is 14.3. The van der Waals surface area contributed by atoms with Crippen molar-refractivity contribution < 1.29 is 26.8 Å². The summed E-state index contributed by atoms with van der Waals surface area (Å²) in [4.78, 5) is 27.7. The number of H-pyrrole nitrogens is 1. The summed E-state index contributed by atoms with van der Waals surface area (Å²) in [6.45, 7) is 3.89. The zero-order valence-corrected chi connectivity index (χ0v) is 29.8. The minimum Gasteiger partial charge on any atom is -0.469 e. The van der Waals surface area contributed by atoms with Gasteiger partial charge >= 0.3 is 0 Å². The number of aromatic amines is 1. The Kier molecular flexibility index (Phi) is 6.35. The number of benzene rings is 4. The summed E-state index contributed by atoms with van der Waals surface area (Å²) in [5.41, 5.74) is 6.37. The summed E-state index contributed by atoms with van der Waals surface area (Å²) in [7, 11) is -4.08. The Hall–Kier alpha value is -6.18. The van der Waals surface area contributed by atoms with E-state index >= 15 is 0 Å². The van der Waals surface area contributed by atoms with E-state index in [9.17, 15) is 13.2 Å². The van der Waals surface area contributed by atoms with Crippen LogP contribution in [0.25, 0.3) is 44.9 Å². The molecule has 0 fully saturated rings. The van der Waals surface area contributed by atoms with Crippen LogP contribution in [0.1, 0.15) is 48.2 Å². The Morgan fingerprint density at radius 3 is 2.59 bits per heavy atom. The Balaban J connectivity index is 1.20. The quantitative estimate of drug-likeness (QED) is 0.155. The van der Waals surface area contributed by atoms with Crippen LogP contribution in [0.15, 0.2) is 111 Å². The fourth-order valence-electron chi connectivity index (χ4n) is 8.69. The summed E-state index contributed by atoms with van der Waals surface area (Å²) in [5.74, 6) is 1.39. The highest BCUT2D eigenvalue weighted by molar-refractivity contribution is 7.89. The fourth-order valence-corrected chi connectivity index (χ4v) is 9.91. The van der Waals surface area contributed by atoms with Gasteiger partial charge in [-0.1, -0.05) is 74.5 Å². The third kappa shape index (κ3) is 4.21. The number of sulfonamides is 1. The van der Waals surface area contributed by atoms with Crippen LogP contribution < -0.4 is 20.1 Å². The molecule has 7 heterocycles. The largest absolute Gasteiger partial charge is 0.469 e. The molecular weight excluding hydrogens is 705 g/mol. The number of aromatic nitrogens is 3. The average Bonchev–Trinajstić information content (AvgIpc) is 4.00. The van der Waals surface area contributed by atoms with Crippen LogP contribution in [0.5, 0.6) is 5.75 Å². The van der Waals surface area contributed by atoms with Crippen LogP contribution in [0, 0.1) is 5.92 Å². The molecule has 1 amide bonds. The number of hydrogen-bond donors (Lipinski definition) is 4. The van der Waals surface area contributed by atoms with Crippen molar-refractivity contribution in [1.29, 1.82) is 0 Å². The lowest BCUT2D eigenvalue weighted by atomic mass is 9.72. The van der Waals surface area contributed by atoms with Crippen LogP contribution in [-0.2, 0) is 26.7 Å². The van der Waals surface area contributed by atoms with E-state index < -0.39 is 39.7 Å². The number of fused-ring (bicyclic) bond motifs is 7. The highest BCUT2D eigenvalue weighted by Gasteiger charge is 2.61. The third-order valence-corrected chi connectivity index (χ3v) is 12.7. The molecular formula is C41H32N6O6S. The van der Waals surface area contributed by atoms with Gasteiger partial charge in [0.15, 0.2) is 23.4 Å². The van der Waals surface area contributed by atoms with Crippen molar-refractivity contribution in [3.05, 3.63) is 126 Å². The molecule has 1 spiro atoms. The number of carbonyl (C=O) groups excluding carboxylic acids is 1. The number of nitrogens with zero attached hydrogens (tertiary/aromatic N) is 2. The van der Waals surface area contributed by atoms with Gasteiger partial charge in [0.25, 0.3) is 0 Å². The van der Waals surface area contributed by atoms with Crippen LogP contribution in [0.4, 0.5) is 5.69 Å². The van der Waals surface area contributed by atoms with Gasteiger partial charge in [-0.05, 0) is 47.7 Å². The number of anilines is 1. The zero-order chi connectivity index (χ0) is 36.5. The molecule has 54 heavy (non-hydrogen) atoms. The van der Waals surface area contributed by atoms with Gasteiger partial charge in [0.2, 0.25) is 27.7 Å². The number of nitrogens with one attached hydrogen (secondary N) is 4. The van der Waals surface area contributed by atoms with E-state index in [-0.39, 0.29) is 29.0 Å². The molecule has 4 aromatic carbocycles. The molecule has 11 rings (SSSR count). The molecule has 268 valence electrons. The Labute approximate surface area is 309 Å². The molecule has 4 aliphatic rings. The average molecular weight is 737 g/mol. The second kappa shape index (κ2) is 10.9. The van der Waals surface area contributed by atoms with Crippen molar-refractivity contribution in [2.24, 2.45) is 5.92 Å². The number of oxazole rings is 2. The number of amides is 1. The number of ether oxygens (including phenoxy) is 1. The topological polar surface area (TPSA) is 164 Å². The molecule has 12 nitrogen and oxygen atoms in total. The second-order valence-corrected chi connectivity index (χ2v) is 16.3. The van der Waals surface area contributed by atoms with Gasteiger partial charge in [-0.15, -0.1) is 0 Å². The van der Waals surface area contributed by atoms with Crippen molar-refractivity contribution in [2.75, 3.05) is 5.32 Å². The molecule has 7 aromatic rings. The summed E-state index contributed by atoms with van der Waals surface area (Å²) in [5, 5.41) is 7.84. The molecule has 0 radical (unpaired) electrons. The first-order chi connectivity index (χ1) is 26.2. The molecule has 4 N–H and O–H groups in total. The first-order valence-corrected chi connectivity index (χ1v) is 19.3. The molecule has 3 aromatic heterocycles. The van der Waals surface area contributed by atoms with Gasteiger partial charge in [-0.2, -0.15) is 4.72 Å². The van der Waals surface area contributed by atoms with Crippen molar-refractivity contribution in [3.8, 4) is 39.8 Å². The minimum absolute atomic E-state index is 0.0599. The molecule has 13 heteroatoms. The first-order valence-electron chi connectivity index (χ1n) is 17.9. The maximum absolute atomic E-state index is 14.3. The highest BCUT2D eigenvalue weighted by atomic mass is 32.2. The number of carbonyl (C=O) groups is 1. The maximum Gasteiger partial charge on any atom is 0.249 e. The van der Waals surface area contributed by atoms with Crippen LogP contribution in [-0.4, -0.2) is 41.5 Å². The standard InChI is InChI=1S/C41H32N6O6S/c1-20(2)33-39-45-35-36(53-39)41-26-12-6-11-24(23-10-7-13-28-32(23)25(18-42-28)31-19-43-38(35)51-31)34(26)46-40(41)52-30-15-14-21(16-27(30)41)17-29(37(48)44-33)47-54(49,50)22-8-4-3-5-9-22/h3-16,18-20,29,33,40,42,46-47H,17H2,1-2H3,(H,44,48)/t29-,33-,40?,41?/m0/s1. The van der Waals surface area contributed by atoms with E-state index in [4.69, 9.17) is 23.5 Å². The van der Waals surface area contributed by atoms with Gasteiger partial charge in [0.1, 0.15) is 23.2 Å². The summed E-state index contributed by atoms with van der Waals surface area (Å²) in [6.07, 6.45) is 3.03. The molecule has 0 saturated heterocycles. The van der Waals surface area contributed by atoms with Crippen LogP contribution in [0.2, 0.25) is 0 Å². The Morgan fingerprint density at radius 1 is 0.907 bits per heavy atom. The fraction of sp³-hybridized carbons (Fsp3) is 0.195. The van der Waals surface area contributed by atoms with Crippen molar-refractivity contribution in [2.45, 2.75) is 48.9 Å². The third-order valence-electron chi connectivity index (χ3n) is 11.2. The van der Waals surface area contributed by atoms with Gasteiger partial charge < -0.3 is 29.2 Å². The van der Waals surface area contributed by atoms with Gasteiger partial charge in [0.05, 0.1) is 11.1 Å². The van der Waals surface area contributed by atoms with Crippen LogP contribution in [0.3, 0.4) is 0 Å². The molecule has 10 bridgehead atoms. The lowest BCUT2D eigenvalue weighted by Crippen LogP contribution is -2.49. The predicted molar refractivity (Wildman–Crippen MR) is 199 cm³/mol. The van der Waals surface area contributed by atoms with Gasteiger partial charge in [0, 0.05) is 45.0 Å². The SMILES string of the molecule is CC(C)[C@@H]1NC(=O)[C@@H](NS(=O)(=O)c2ccccc2)Cc2ccc3c(c2)C24c5cccc(c5NC2O3)-c2cccc3[nH]cc(c23)-c2cnc(o2)-c2nc1oc24. The lowest BCUT2D eigenvalue weighted by molar-refractivity contribution is -0.124. The van der Waals surface area contributed by atoms with E-state index in [2.05, 4.69) is 38.5 Å². The summed E-state index contributed by atoms with van der Waals surface area (Å²) < 4.78 is 50.5. The zero-order valence-electron chi connectivity index (χ0n) is 29.0. The lowest BCUT2D eigenvalue weighted by Gasteiger charge is -2.28. The highest BCUT2D eigenvalue weighted by Crippen LogP contribution is 2.61. The number of hydrogen-bond acceptors (Lipinski definition) is 9. The Morgan fingerprint density at radius 2 is 1.74 bits per heavy atom. The van der Waals surface area contributed by atoms with E-state index in [1.165, 1.54) is 12.1 Å².